The molecule has 0 aromatic heterocycles. The molecule has 0 bridgehead atoms. The summed E-state index contributed by atoms with van der Waals surface area (Å²) in [6.45, 7) is 4.85. The zero-order valence-electron chi connectivity index (χ0n) is 21.1. The number of benzene rings is 2. The molecule has 2 aromatic carbocycles. The highest BCUT2D eigenvalue weighted by molar-refractivity contribution is 6.30. The minimum absolute atomic E-state index is 0.0738. The van der Waals surface area contributed by atoms with Crippen LogP contribution in [0.25, 0.3) is 0 Å². The van der Waals surface area contributed by atoms with Gasteiger partial charge in [0, 0.05) is 18.1 Å². The van der Waals surface area contributed by atoms with Crippen molar-refractivity contribution in [2.24, 2.45) is 5.92 Å². The number of hydrazine groups is 1. The number of terminal acetylenes is 1. The summed E-state index contributed by atoms with van der Waals surface area (Å²) in [7, 11) is 0. The number of fused-ring (bicyclic) bond motifs is 1. The van der Waals surface area contributed by atoms with Gasteiger partial charge in [0.05, 0.1) is 19.6 Å². The molecule has 2 aliphatic heterocycles. The SMILES string of the molecule is C#CCN1CC(=O)N2[C@@H](CC(C)C)C(=O)N(Cc3cccc(Cl)c3)C[C@@H]2N1C(=O)NCc1ccccc1. The van der Waals surface area contributed by atoms with E-state index in [2.05, 4.69) is 11.2 Å². The average Bonchev–Trinajstić information content (AvgIpc) is 2.86. The van der Waals surface area contributed by atoms with Gasteiger partial charge in [-0.15, -0.1) is 6.42 Å². The van der Waals surface area contributed by atoms with Crippen LogP contribution in [0.2, 0.25) is 5.02 Å². The van der Waals surface area contributed by atoms with Crippen LogP contribution in [0.15, 0.2) is 54.6 Å². The molecule has 194 valence electrons. The molecular formula is C28H32ClN5O3. The van der Waals surface area contributed by atoms with E-state index < -0.39 is 12.2 Å². The molecule has 4 amide bonds. The smallest absolute Gasteiger partial charge is 0.333 e. The van der Waals surface area contributed by atoms with E-state index in [9.17, 15) is 14.4 Å². The second-order valence-corrected chi connectivity index (χ2v) is 10.2. The molecule has 0 spiro atoms. The van der Waals surface area contributed by atoms with Crippen LogP contribution in [0, 0.1) is 18.3 Å². The summed E-state index contributed by atoms with van der Waals surface area (Å²) in [5.41, 5.74) is 1.82. The molecule has 0 saturated carbocycles. The van der Waals surface area contributed by atoms with Crippen LogP contribution in [0.5, 0.6) is 0 Å². The van der Waals surface area contributed by atoms with E-state index in [4.69, 9.17) is 18.0 Å². The molecule has 8 nitrogen and oxygen atoms in total. The van der Waals surface area contributed by atoms with Crippen molar-refractivity contribution in [1.82, 2.24) is 25.1 Å². The van der Waals surface area contributed by atoms with Crippen molar-refractivity contribution in [2.75, 3.05) is 19.6 Å². The second kappa shape index (κ2) is 11.7. The van der Waals surface area contributed by atoms with Crippen LogP contribution in [-0.2, 0) is 22.7 Å². The fraction of sp³-hybridized carbons (Fsp3) is 0.393. The molecule has 2 heterocycles. The van der Waals surface area contributed by atoms with Gasteiger partial charge in [0.25, 0.3) is 0 Å². The monoisotopic (exact) mass is 521 g/mol. The maximum atomic E-state index is 13.7. The standard InChI is InChI=1S/C28H32ClN5O3/c1-4-13-32-19-26(35)33-24(14-20(2)3)27(36)31(17-22-11-8-12-23(29)15-22)18-25(33)34(32)28(37)30-16-21-9-6-5-7-10-21/h1,5-12,15,20,24-25H,13-14,16-19H2,2-3H3,(H,30,37)/t24-,25-/m0/s1. The third-order valence-electron chi connectivity index (χ3n) is 6.56. The molecule has 37 heavy (non-hydrogen) atoms. The number of amides is 4. The Morgan fingerprint density at radius 1 is 1.14 bits per heavy atom. The predicted octanol–water partition coefficient (Wildman–Crippen LogP) is 3.33. The van der Waals surface area contributed by atoms with Crippen molar-refractivity contribution < 1.29 is 14.4 Å². The largest absolute Gasteiger partial charge is 0.334 e. The summed E-state index contributed by atoms with van der Waals surface area (Å²) >= 11 is 6.19. The lowest BCUT2D eigenvalue weighted by molar-refractivity contribution is -0.190. The summed E-state index contributed by atoms with van der Waals surface area (Å²) in [6.07, 6.45) is 5.41. The van der Waals surface area contributed by atoms with E-state index in [0.717, 1.165) is 11.1 Å². The molecule has 2 atom stereocenters. The van der Waals surface area contributed by atoms with E-state index in [1.807, 2.05) is 62.4 Å². The Labute approximate surface area is 223 Å². The Hall–Kier alpha value is -3.54. The summed E-state index contributed by atoms with van der Waals surface area (Å²) < 4.78 is 0. The van der Waals surface area contributed by atoms with Gasteiger partial charge in [0.2, 0.25) is 11.8 Å². The van der Waals surface area contributed by atoms with E-state index in [0.29, 0.717) is 24.5 Å². The second-order valence-electron chi connectivity index (χ2n) is 9.79. The Morgan fingerprint density at radius 3 is 2.54 bits per heavy atom. The van der Waals surface area contributed by atoms with Gasteiger partial charge in [-0.2, -0.15) is 5.01 Å². The maximum Gasteiger partial charge on any atom is 0.334 e. The number of rotatable bonds is 7. The number of piperazine rings is 1. The fourth-order valence-corrected chi connectivity index (χ4v) is 5.18. The summed E-state index contributed by atoms with van der Waals surface area (Å²) in [5, 5.41) is 6.65. The summed E-state index contributed by atoms with van der Waals surface area (Å²) in [4.78, 5) is 43.9. The molecular weight excluding hydrogens is 490 g/mol. The van der Waals surface area contributed by atoms with Crippen molar-refractivity contribution in [2.45, 2.75) is 45.6 Å². The Balaban J connectivity index is 1.66. The van der Waals surface area contributed by atoms with Crippen LogP contribution < -0.4 is 5.32 Å². The number of carbonyl (C=O) groups excluding carboxylic acids is 3. The molecule has 2 saturated heterocycles. The molecule has 0 aliphatic carbocycles. The van der Waals surface area contributed by atoms with Crippen molar-refractivity contribution in [1.29, 1.82) is 0 Å². The molecule has 0 unspecified atom stereocenters. The van der Waals surface area contributed by atoms with Gasteiger partial charge in [-0.05, 0) is 35.6 Å². The highest BCUT2D eigenvalue weighted by Crippen LogP contribution is 2.30. The lowest BCUT2D eigenvalue weighted by Gasteiger charge is -2.55. The van der Waals surface area contributed by atoms with Crippen LogP contribution in [0.4, 0.5) is 4.79 Å². The minimum Gasteiger partial charge on any atom is -0.333 e. The van der Waals surface area contributed by atoms with Gasteiger partial charge in [-0.1, -0.05) is 73.8 Å². The van der Waals surface area contributed by atoms with E-state index in [1.165, 1.54) is 5.01 Å². The number of carbonyl (C=O) groups is 3. The Bertz CT molecular complexity index is 1180. The van der Waals surface area contributed by atoms with E-state index in [1.54, 1.807) is 20.9 Å². The third kappa shape index (κ3) is 6.07. The lowest BCUT2D eigenvalue weighted by atomic mass is 9.96. The molecule has 9 heteroatoms. The van der Waals surface area contributed by atoms with Gasteiger partial charge in [0.1, 0.15) is 12.2 Å². The molecule has 4 rings (SSSR count). The molecule has 2 fully saturated rings. The van der Waals surface area contributed by atoms with Crippen LogP contribution >= 0.6 is 11.6 Å². The first-order valence-corrected chi connectivity index (χ1v) is 12.8. The zero-order chi connectivity index (χ0) is 26.5. The maximum absolute atomic E-state index is 13.7. The van der Waals surface area contributed by atoms with E-state index >= 15 is 0 Å². The molecule has 2 aliphatic rings. The average molecular weight is 522 g/mol. The number of nitrogens with one attached hydrogen (secondary N) is 1. The first-order chi connectivity index (χ1) is 17.8. The topological polar surface area (TPSA) is 76.2 Å². The first kappa shape index (κ1) is 26.5. The normalized spacial score (nSPS) is 20.1. The minimum atomic E-state index is -0.689. The van der Waals surface area contributed by atoms with Gasteiger partial charge >= 0.3 is 6.03 Å². The Kier molecular flexibility index (Phi) is 8.37. The highest BCUT2D eigenvalue weighted by atomic mass is 35.5. The van der Waals surface area contributed by atoms with Crippen LogP contribution in [0.1, 0.15) is 31.4 Å². The molecule has 0 radical (unpaired) electrons. The molecule has 1 N–H and O–H groups in total. The Morgan fingerprint density at radius 2 is 1.86 bits per heavy atom. The quantitative estimate of drug-likeness (QED) is 0.567. The molecule has 2 aromatic rings. The van der Waals surface area contributed by atoms with Crippen molar-refractivity contribution in [3.8, 4) is 12.3 Å². The lowest BCUT2D eigenvalue weighted by Crippen LogP contribution is -2.76. The highest BCUT2D eigenvalue weighted by Gasteiger charge is 2.51. The number of nitrogens with zero attached hydrogens (tertiary/aromatic N) is 4. The fourth-order valence-electron chi connectivity index (χ4n) is 4.97. The van der Waals surface area contributed by atoms with Gasteiger partial charge in [0.15, 0.2) is 0 Å². The van der Waals surface area contributed by atoms with Crippen LogP contribution in [0.3, 0.4) is 0 Å². The van der Waals surface area contributed by atoms with Gasteiger partial charge in [-0.3, -0.25) is 9.59 Å². The van der Waals surface area contributed by atoms with Crippen LogP contribution in [-0.4, -0.2) is 69.5 Å². The van der Waals surface area contributed by atoms with Crippen molar-refractivity contribution in [3.05, 3.63) is 70.7 Å². The first-order valence-electron chi connectivity index (χ1n) is 12.4. The van der Waals surface area contributed by atoms with Crippen molar-refractivity contribution in [3.63, 3.8) is 0 Å². The van der Waals surface area contributed by atoms with E-state index in [-0.39, 0.29) is 43.4 Å². The van der Waals surface area contributed by atoms with Gasteiger partial charge in [-0.25, -0.2) is 9.80 Å². The number of hydrogen-bond acceptors (Lipinski definition) is 4. The zero-order valence-corrected chi connectivity index (χ0v) is 21.9. The number of urea groups is 1. The number of hydrogen-bond donors (Lipinski definition) is 1. The van der Waals surface area contributed by atoms with Crippen molar-refractivity contribution >= 4 is 29.4 Å². The van der Waals surface area contributed by atoms with Gasteiger partial charge < -0.3 is 15.1 Å². The predicted molar refractivity (Wildman–Crippen MR) is 142 cm³/mol. The third-order valence-corrected chi connectivity index (χ3v) is 6.79. The number of halogens is 1. The summed E-state index contributed by atoms with van der Waals surface area (Å²) in [5.74, 6) is 2.38. The summed E-state index contributed by atoms with van der Waals surface area (Å²) in [6, 6.07) is 15.9.